The average Bonchev–Trinajstić information content (AvgIpc) is 2.81. The molecule has 0 saturated carbocycles. The lowest BCUT2D eigenvalue weighted by molar-refractivity contribution is -0.132. The van der Waals surface area contributed by atoms with Gasteiger partial charge in [0.25, 0.3) is 0 Å². The summed E-state index contributed by atoms with van der Waals surface area (Å²) in [7, 11) is 1.87. The molecule has 2 N–H and O–H groups in total. The lowest BCUT2D eigenvalue weighted by atomic mass is 10.1. The van der Waals surface area contributed by atoms with E-state index in [0.717, 1.165) is 30.7 Å². The minimum atomic E-state index is 0.140. The number of ether oxygens (including phenoxy) is 1. The third kappa shape index (κ3) is 3.47. The van der Waals surface area contributed by atoms with Gasteiger partial charge in [-0.05, 0) is 37.5 Å². The smallest absolute Gasteiger partial charge is 0.222 e. The molecule has 19 heavy (non-hydrogen) atoms. The first-order valence-corrected chi connectivity index (χ1v) is 6.79. The van der Waals surface area contributed by atoms with Crippen LogP contribution in [0, 0.1) is 0 Å². The van der Waals surface area contributed by atoms with E-state index in [1.165, 1.54) is 0 Å². The van der Waals surface area contributed by atoms with Gasteiger partial charge in [0, 0.05) is 25.8 Å². The van der Waals surface area contributed by atoms with Crippen LogP contribution in [0.1, 0.15) is 25.3 Å². The van der Waals surface area contributed by atoms with Gasteiger partial charge in [-0.25, -0.2) is 0 Å². The largest absolute Gasteiger partial charge is 0.399 e. The fourth-order valence-electron chi connectivity index (χ4n) is 2.59. The van der Waals surface area contributed by atoms with E-state index in [4.69, 9.17) is 10.5 Å². The van der Waals surface area contributed by atoms with Gasteiger partial charge in [0.1, 0.15) is 0 Å². The Kier molecular flexibility index (Phi) is 4.43. The van der Waals surface area contributed by atoms with Crippen LogP contribution >= 0.6 is 0 Å². The Morgan fingerprint density at radius 2 is 2.32 bits per heavy atom. The predicted octanol–water partition coefficient (Wildman–Crippen LogP) is 1.84. The van der Waals surface area contributed by atoms with Crippen LogP contribution in [0.3, 0.4) is 0 Å². The van der Waals surface area contributed by atoms with Gasteiger partial charge in [-0.15, -0.1) is 0 Å². The summed E-state index contributed by atoms with van der Waals surface area (Å²) in [5.74, 6) is 0.171. The number of aryl methyl sites for hydroxylation is 1. The molecule has 0 aromatic heterocycles. The molecule has 0 spiro atoms. The zero-order valence-corrected chi connectivity index (χ0v) is 11.6. The van der Waals surface area contributed by atoms with E-state index in [0.29, 0.717) is 6.42 Å². The Morgan fingerprint density at radius 3 is 2.95 bits per heavy atom. The van der Waals surface area contributed by atoms with Crippen molar-refractivity contribution in [2.24, 2.45) is 0 Å². The molecule has 0 aliphatic carbocycles. The average molecular weight is 262 g/mol. The highest BCUT2D eigenvalue weighted by Gasteiger charge is 2.30. The van der Waals surface area contributed by atoms with Crippen molar-refractivity contribution in [3.05, 3.63) is 29.8 Å². The van der Waals surface area contributed by atoms with Crippen molar-refractivity contribution in [1.82, 2.24) is 4.90 Å². The summed E-state index contributed by atoms with van der Waals surface area (Å²) in [5, 5.41) is 0. The van der Waals surface area contributed by atoms with Crippen molar-refractivity contribution in [3.8, 4) is 0 Å². The van der Waals surface area contributed by atoms with E-state index in [1.807, 2.05) is 43.1 Å². The van der Waals surface area contributed by atoms with Gasteiger partial charge < -0.3 is 15.4 Å². The molecule has 0 radical (unpaired) electrons. The number of anilines is 1. The molecule has 1 aromatic rings. The number of carbonyl (C=O) groups excluding carboxylic acids is 1. The standard InChI is InChI=1S/C15H22N2O2/c1-11-14(8-9-19-11)17(2)15(18)7-6-12-4-3-5-13(16)10-12/h3-5,10-11,14H,6-9,16H2,1-2H3. The van der Waals surface area contributed by atoms with E-state index >= 15 is 0 Å². The number of nitrogen functional groups attached to an aromatic ring is 1. The third-order valence-corrected chi connectivity index (χ3v) is 3.81. The maximum Gasteiger partial charge on any atom is 0.222 e. The minimum absolute atomic E-state index is 0.140. The van der Waals surface area contributed by atoms with Gasteiger partial charge in [-0.2, -0.15) is 0 Å². The van der Waals surface area contributed by atoms with Crippen molar-refractivity contribution in [2.75, 3.05) is 19.4 Å². The minimum Gasteiger partial charge on any atom is -0.399 e. The number of nitrogens with two attached hydrogens (primary N) is 1. The molecule has 0 bridgehead atoms. The maximum atomic E-state index is 12.2. The predicted molar refractivity (Wildman–Crippen MR) is 75.8 cm³/mol. The van der Waals surface area contributed by atoms with Crippen LogP contribution in [0.2, 0.25) is 0 Å². The van der Waals surface area contributed by atoms with Crippen LogP contribution in [0.25, 0.3) is 0 Å². The molecule has 2 unspecified atom stereocenters. The number of hydrogen-bond acceptors (Lipinski definition) is 3. The van der Waals surface area contributed by atoms with E-state index in [1.54, 1.807) is 0 Å². The maximum absolute atomic E-state index is 12.2. The normalized spacial score (nSPS) is 22.4. The van der Waals surface area contributed by atoms with Crippen molar-refractivity contribution >= 4 is 11.6 Å². The Morgan fingerprint density at radius 1 is 1.53 bits per heavy atom. The number of likely N-dealkylation sites (N-methyl/N-ethyl adjacent to an activating group) is 1. The lowest BCUT2D eigenvalue weighted by Crippen LogP contribution is -2.41. The summed E-state index contributed by atoms with van der Waals surface area (Å²) >= 11 is 0. The topological polar surface area (TPSA) is 55.6 Å². The van der Waals surface area contributed by atoms with Crippen LogP contribution in [0.15, 0.2) is 24.3 Å². The van der Waals surface area contributed by atoms with Crippen LogP contribution < -0.4 is 5.73 Å². The van der Waals surface area contributed by atoms with E-state index < -0.39 is 0 Å². The summed E-state index contributed by atoms with van der Waals surface area (Å²) in [4.78, 5) is 14.0. The third-order valence-electron chi connectivity index (χ3n) is 3.81. The number of nitrogens with zero attached hydrogens (tertiary/aromatic N) is 1. The number of amides is 1. The highest BCUT2D eigenvalue weighted by Crippen LogP contribution is 2.19. The molecule has 4 heteroatoms. The lowest BCUT2D eigenvalue weighted by Gasteiger charge is -2.26. The summed E-state index contributed by atoms with van der Waals surface area (Å²) in [6.45, 7) is 2.78. The van der Waals surface area contributed by atoms with Crippen molar-refractivity contribution < 1.29 is 9.53 Å². The number of carbonyl (C=O) groups is 1. The van der Waals surface area contributed by atoms with Crippen molar-refractivity contribution in [2.45, 2.75) is 38.3 Å². The number of hydrogen-bond donors (Lipinski definition) is 1. The van der Waals surface area contributed by atoms with Gasteiger partial charge >= 0.3 is 0 Å². The summed E-state index contributed by atoms with van der Waals surface area (Å²) in [5.41, 5.74) is 7.59. The molecule has 1 aliphatic heterocycles. The molecule has 1 amide bonds. The molecule has 1 aromatic carbocycles. The Bertz CT molecular complexity index is 448. The molecule has 2 atom stereocenters. The fourth-order valence-corrected chi connectivity index (χ4v) is 2.59. The van der Waals surface area contributed by atoms with E-state index in [9.17, 15) is 4.79 Å². The molecular formula is C15H22N2O2. The highest BCUT2D eigenvalue weighted by atomic mass is 16.5. The summed E-state index contributed by atoms with van der Waals surface area (Å²) < 4.78 is 5.50. The fraction of sp³-hybridized carbons (Fsp3) is 0.533. The van der Waals surface area contributed by atoms with E-state index in [2.05, 4.69) is 0 Å². The first kappa shape index (κ1) is 13.9. The highest BCUT2D eigenvalue weighted by molar-refractivity contribution is 5.76. The van der Waals surface area contributed by atoms with Crippen LogP contribution in [0.5, 0.6) is 0 Å². The SMILES string of the molecule is CC1OCCC1N(C)C(=O)CCc1cccc(N)c1. The Hall–Kier alpha value is -1.55. The zero-order chi connectivity index (χ0) is 13.8. The summed E-state index contributed by atoms with van der Waals surface area (Å²) in [6.07, 6.45) is 2.32. The second kappa shape index (κ2) is 6.06. The number of benzene rings is 1. The van der Waals surface area contributed by atoms with Crippen LogP contribution in [-0.4, -0.2) is 36.6 Å². The first-order valence-electron chi connectivity index (χ1n) is 6.79. The van der Waals surface area contributed by atoms with Crippen LogP contribution in [-0.2, 0) is 16.0 Å². The molecule has 1 aliphatic rings. The number of rotatable bonds is 4. The molecule has 2 rings (SSSR count). The van der Waals surface area contributed by atoms with Gasteiger partial charge in [-0.3, -0.25) is 4.79 Å². The van der Waals surface area contributed by atoms with Gasteiger partial charge in [0.15, 0.2) is 0 Å². The van der Waals surface area contributed by atoms with Gasteiger partial charge in [0.2, 0.25) is 5.91 Å². The zero-order valence-electron chi connectivity index (χ0n) is 11.6. The molecular weight excluding hydrogens is 240 g/mol. The van der Waals surface area contributed by atoms with Crippen LogP contribution in [0.4, 0.5) is 5.69 Å². The molecule has 4 nitrogen and oxygen atoms in total. The molecule has 1 saturated heterocycles. The van der Waals surface area contributed by atoms with Crippen molar-refractivity contribution in [1.29, 1.82) is 0 Å². The molecule has 1 heterocycles. The second-order valence-electron chi connectivity index (χ2n) is 5.18. The molecule has 1 fully saturated rings. The van der Waals surface area contributed by atoms with Gasteiger partial charge in [-0.1, -0.05) is 12.1 Å². The quantitative estimate of drug-likeness (QED) is 0.842. The first-order chi connectivity index (χ1) is 9.08. The van der Waals surface area contributed by atoms with Crippen molar-refractivity contribution in [3.63, 3.8) is 0 Å². The summed E-state index contributed by atoms with van der Waals surface area (Å²) in [6, 6.07) is 7.92. The Labute approximate surface area is 114 Å². The monoisotopic (exact) mass is 262 g/mol. The Balaban J connectivity index is 1.87. The second-order valence-corrected chi connectivity index (χ2v) is 5.18. The molecule has 104 valence electrons. The van der Waals surface area contributed by atoms with E-state index in [-0.39, 0.29) is 18.1 Å². The van der Waals surface area contributed by atoms with Gasteiger partial charge in [0.05, 0.1) is 12.1 Å².